The molecule has 1 aliphatic rings. The average molecular weight is 257 g/mol. The van der Waals surface area contributed by atoms with Gasteiger partial charge in [0.15, 0.2) is 5.65 Å². The highest BCUT2D eigenvalue weighted by Gasteiger charge is 2.32. The number of aromatic nitrogens is 3. The van der Waals surface area contributed by atoms with Gasteiger partial charge >= 0.3 is 0 Å². The van der Waals surface area contributed by atoms with Gasteiger partial charge in [0.1, 0.15) is 0 Å². The SMILES string of the molecule is C=Cn1ncc2c(N)c3c(nc21)CN(CCC)C3=O. The van der Waals surface area contributed by atoms with Gasteiger partial charge < -0.3 is 10.6 Å². The third-order valence-corrected chi connectivity index (χ3v) is 3.37. The molecule has 0 fully saturated rings. The fraction of sp³-hybridized carbons (Fsp3) is 0.308. The molecule has 0 saturated carbocycles. The number of nitrogens with two attached hydrogens (primary N) is 1. The molecule has 3 rings (SSSR count). The van der Waals surface area contributed by atoms with Crippen molar-refractivity contribution in [1.29, 1.82) is 0 Å². The van der Waals surface area contributed by atoms with Crippen molar-refractivity contribution in [3.8, 4) is 0 Å². The zero-order valence-corrected chi connectivity index (χ0v) is 10.8. The van der Waals surface area contributed by atoms with Crippen molar-refractivity contribution in [3.63, 3.8) is 0 Å². The third-order valence-electron chi connectivity index (χ3n) is 3.37. The van der Waals surface area contributed by atoms with Crippen LogP contribution >= 0.6 is 0 Å². The van der Waals surface area contributed by atoms with E-state index in [9.17, 15) is 4.79 Å². The molecule has 1 aliphatic heterocycles. The third kappa shape index (κ3) is 1.53. The lowest BCUT2D eigenvalue weighted by molar-refractivity contribution is 0.0779. The van der Waals surface area contributed by atoms with Crippen LogP contribution in [0.2, 0.25) is 0 Å². The number of carbonyl (C=O) groups is 1. The van der Waals surface area contributed by atoms with Gasteiger partial charge in [-0.1, -0.05) is 13.5 Å². The normalized spacial score (nSPS) is 14.2. The summed E-state index contributed by atoms with van der Waals surface area (Å²) in [4.78, 5) is 18.6. The maximum Gasteiger partial charge on any atom is 0.258 e. The maximum absolute atomic E-state index is 12.3. The van der Waals surface area contributed by atoms with Crippen molar-refractivity contribution in [2.24, 2.45) is 0 Å². The molecule has 6 heteroatoms. The molecule has 6 nitrogen and oxygen atoms in total. The summed E-state index contributed by atoms with van der Waals surface area (Å²) in [6.45, 7) is 6.96. The van der Waals surface area contributed by atoms with E-state index in [0.29, 0.717) is 28.8 Å². The topological polar surface area (TPSA) is 77.0 Å². The van der Waals surface area contributed by atoms with E-state index < -0.39 is 0 Å². The smallest absolute Gasteiger partial charge is 0.258 e. The van der Waals surface area contributed by atoms with Crippen molar-refractivity contribution >= 4 is 28.8 Å². The lowest BCUT2D eigenvalue weighted by atomic mass is 10.1. The Hall–Kier alpha value is -2.37. The number of rotatable bonds is 3. The number of carbonyl (C=O) groups excluding carboxylic acids is 1. The number of hydrogen-bond acceptors (Lipinski definition) is 4. The van der Waals surface area contributed by atoms with Crippen molar-refractivity contribution in [1.82, 2.24) is 19.7 Å². The van der Waals surface area contributed by atoms with Crippen LogP contribution in [0.3, 0.4) is 0 Å². The van der Waals surface area contributed by atoms with Gasteiger partial charge in [0.2, 0.25) is 0 Å². The molecule has 19 heavy (non-hydrogen) atoms. The highest BCUT2D eigenvalue weighted by atomic mass is 16.2. The highest BCUT2D eigenvalue weighted by molar-refractivity contribution is 6.08. The lowest BCUT2D eigenvalue weighted by Gasteiger charge is -2.13. The van der Waals surface area contributed by atoms with E-state index in [-0.39, 0.29) is 5.91 Å². The van der Waals surface area contributed by atoms with Crippen LogP contribution in [0.25, 0.3) is 17.2 Å². The van der Waals surface area contributed by atoms with Crippen LogP contribution in [0.4, 0.5) is 5.69 Å². The number of nitrogens with zero attached hydrogens (tertiary/aromatic N) is 4. The van der Waals surface area contributed by atoms with Crippen molar-refractivity contribution in [3.05, 3.63) is 24.0 Å². The molecule has 3 heterocycles. The average Bonchev–Trinajstić information content (AvgIpc) is 2.93. The Labute approximate surface area is 110 Å². The monoisotopic (exact) mass is 257 g/mol. The van der Waals surface area contributed by atoms with Crippen LogP contribution in [-0.2, 0) is 6.54 Å². The first kappa shape index (κ1) is 11.7. The molecule has 0 spiro atoms. The largest absolute Gasteiger partial charge is 0.397 e. The second-order valence-corrected chi connectivity index (χ2v) is 4.58. The van der Waals surface area contributed by atoms with Crippen LogP contribution in [0.1, 0.15) is 29.4 Å². The predicted molar refractivity (Wildman–Crippen MR) is 73.4 cm³/mol. The van der Waals surface area contributed by atoms with E-state index in [1.54, 1.807) is 22.0 Å². The Balaban J connectivity index is 2.21. The summed E-state index contributed by atoms with van der Waals surface area (Å²) in [5, 5.41) is 4.83. The minimum Gasteiger partial charge on any atom is -0.397 e. The van der Waals surface area contributed by atoms with Gasteiger partial charge in [0.25, 0.3) is 5.91 Å². The van der Waals surface area contributed by atoms with Crippen molar-refractivity contribution in [2.45, 2.75) is 19.9 Å². The lowest BCUT2D eigenvalue weighted by Crippen LogP contribution is -2.24. The number of amides is 1. The summed E-state index contributed by atoms with van der Waals surface area (Å²) < 4.78 is 1.57. The summed E-state index contributed by atoms with van der Waals surface area (Å²) >= 11 is 0. The molecule has 0 unspecified atom stereocenters. The van der Waals surface area contributed by atoms with Crippen LogP contribution in [0.5, 0.6) is 0 Å². The summed E-state index contributed by atoms with van der Waals surface area (Å²) in [7, 11) is 0. The number of fused-ring (bicyclic) bond motifs is 2. The summed E-state index contributed by atoms with van der Waals surface area (Å²) in [5.41, 5.74) is 8.49. The van der Waals surface area contributed by atoms with Gasteiger partial charge in [-0.3, -0.25) is 4.79 Å². The molecule has 0 radical (unpaired) electrons. The molecular formula is C13H15N5O. The van der Waals surface area contributed by atoms with Gasteiger partial charge in [-0.25, -0.2) is 9.67 Å². The fourth-order valence-corrected chi connectivity index (χ4v) is 2.48. The minimum absolute atomic E-state index is 0.0323. The van der Waals surface area contributed by atoms with E-state index in [0.717, 1.165) is 18.7 Å². The number of anilines is 1. The van der Waals surface area contributed by atoms with Gasteiger partial charge in [-0.15, -0.1) is 0 Å². The molecule has 1 amide bonds. The van der Waals surface area contributed by atoms with Crippen LogP contribution in [-0.4, -0.2) is 32.1 Å². The number of hydrogen-bond donors (Lipinski definition) is 1. The molecule has 2 aromatic heterocycles. The quantitative estimate of drug-likeness (QED) is 0.903. The van der Waals surface area contributed by atoms with Crippen LogP contribution < -0.4 is 5.73 Å². The molecule has 98 valence electrons. The van der Waals surface area contributed by atoms with Crippen LogP contribution in [0.15, 0.2) is 12.8 Å². The maximum atomic E-state index is 12.3. The highest BCUT2D eigenvalue weighted by Crippen LogP contribution is 2.32. The second kappa shape index (κ2) is 4.08. The first-order chi connectivity index (χ1) is 9.17. The molecule has 0 saturated heterocycles. The van der Waals surface area contributed by atoms with E-state index in [1.807, 2.05) is 6.92 Å². The van der Waals surface area contributed by atoms with Crippen LogP contribution in [0, 0.1) is 0 Å². The molecule has 0 aliphatic carbocycles. The summed E-state index contributed by atoms with van der Waals surface area (Å²) in [5.74, 6) is -0.0323. The number of pyridine rings is 1. The van der Waals surface area contributed by atoms with Crippen molar-refractivity contribution < 1.29 is 4.79 Å². The Morgan fingerprint density at radius 1 is 1.58 bits per heavy atom. The van der Waals surface area contributed by atoms with E-state index in [2.05, 4.69) is 16.7 Å². The van der Waals surface area contributed by atoms with Gasteiger partial charge in [-0.2, -0.15) is 5.10 Å². The van der Waals surface area contributed by atoms with E-state index in [1.165, 1.54) is 0 Å². The Kier molecular flexibility index (Phi) is 2.51. The summed E-state index contributed by atoms with van der Waals surface area (Å²) in [6, 6.07) is 0. The van der Waals surface area contributed by atoms with Crippen molar-refractivity contribution in [2.75, 3.05) is 12.3 Å². The van der Waals surface area contributed by atoms with Gasteiger partial charge in [0, 0.05) is 12.7 Å². The zero-order valence-electron chi connectivity index (χ0n) is 10.8. The first-order valence-corrected chi connectivity index (χ1v) is 6.24. The second-order valence-electron chi connectivity index (χ2n) is 4.58. The first-order valence-electron chi connectivity index (χ1n) is 6.24. The molecule has 0 aromatic carbocycles. The van der Waals surface area contributed by atoms with E-state index >= 15 is 0 Å². The molecular weight excluding hydrogens is 242 g/mol. The number of nitrogen functional groups attached to an aromatic ring is 1. The fourth-order valence-electron chi connectivity index (χ4n) is 2.48. The predicted octanol–water partition coefficient (Wildman–Crippen LogP) is 1.48. The Bertz CT molecular complexity index is 688. The van der Waals surface area contributed by atoms with Gasteiger partial charge in [0.05, 0.1) is 35.1 Å². The molecule has 2 N–H and O–H groups in total. The minimum atomic E-state index is -0.0323. The Morgan fingerprint density at radius 3 is 3.05 bits per heavy atom. The van der Waals surface area contributed by atoms with Gasteiger partial charge in [-0.05, 0) is 6.42 Å². The van der Waals surface area contributed by atoms with E-state index in [4.69, 9.17) is 5.73 Å². The summed E-state index contributed by atoms with van der Waals surface area (Å²) in [6.07, 6.45) is 4.11. The molecule has 0 atom stereocenters. The zero-order chi connectivity index (χ0) is 13.6. The molecule has 0 bridgehead atoms. The Morgan fingerprint density at radius 2 is 2.37 bits per heavy atom. The standard InChI is InChI=1S/C13H15N5O/c1-3-5-17-7-9-10(13(17)19)11(14)8-6-15-18(4-2)12(8)16-9/h4,6H,2-3,5,7H2,1H3,(H2,14,16). The molecule has 2 aromatic rings.